The number of methoxy groups -OCH3 is 1. The lowest BCUT2D eigenvalue weighted by Gasteiger charge is -2.24. The van der Waals surface area contributed by atoms with E-state index in [2.05, 4.69) is 60.9 Å². The highest BCUT2D eigenvalue weighted by Crippen LogP contribution is 2.39. The Balaban J connectivity index is 1.01. The molecule has 11 heteroatoms. The maximum absolute atomic E-state index is 13.3. The van der Waals surface area contributed by atoms with Crippen molar-refractivity contribution in [3.8, 4) is 17.2 Å². The number of hydrogen-bond donors (Lipinski definition) is 0. The van der Waals surface area contributed by atoms with Crippen LogP contribution >= 0.6 is 22.6 Å². The summed E-state index contributed by atoms with van der Waals surface area (Å²) in [5.74, 6) is 1.94. The summed E-state index contributed by atoms with van der Waals surface area (Å²) in [7, 11) is 3.62. The Hall–Kier alpha value is -3.01. The van der Waals surface area contributed by atoms with Gasteiger partial charge in [0.15, 0.2) is 27.8 Å². The van der Waals surface area contributed by atoms with Gasteiger partial charge in [0.2, 0.25) is 0 Å². The summed E-state index contributed by atoms with van der Waals surface area (Å²) in [5.41, 5.74) is 3.73. The maximum Gasteiger partial charge on any atom is 0.257 e. The zero-order chi connectivity index (χ0) is 30.2. The van der Waals surface area contributed by atoms with Crippen LogP contribution < -0.4 is 19.1 Å². The van der Waals surface area contributed by atoms with Crippen molar-refractivity contribution in [2.45, 2.75) is 38.3 Å². The molecule has 4 aliphatic heterocycles. The zero-order valence-corrected chi connectivity index (χ0v) is 28.0. The normalized spacial score (nSPS) is 20.5. The Bertz CT molecular complexity index is 1560. The molecule has 43 heavy (non-hydrogen) atoms. The van der Waals surface area contributed by atoms with Gasteiger partial charge >= 0.3 is 0 Å². The third-order valence-electron chi connectivity index (χ3n) is 8.29. The van der Waals surface area contributed by atoms with E-state index < -0.39 is 0 Å². The minimum atomic E-state index is -0.124. The Labute approximate surface area is 274 Å². The fraction of sp³-hybridized carbons (Fsp3) is 0.406. The van der Waals surface area contributed by atoms with Crippen LogP contribution in [0.15, 0.2) is 49.4 Å². The van der Waals surface area contributed by atoms with Crippen LogP contribution in [-0.2, 0) is 0 Å². The molecule has 0 aromatic heterocycles. The van der Waals surface area contributed by atoms with Crippen molar-refractivity contribution in [2.24, 2.45) is 4.99 Å². The van der Waals surface area contributed by atoms with Crippen LogP contribution in [0, 0.1) is 6.92 Å². The first-order valence-electron chi connectivity index (χ1n) is 14.6. The van der Waals surface area contributed by atoms with Crippen molar-refractivity contribution in [1.82, 2.24) is 9.80 Å². The number of likely N-dealkylation sites (N-methyl/N-ethyl adjacent to an activating group) is 1. The van der Waals surface area contributed by atoms with Crippen LogP contribution in [-0.4, -0.2) is 103 Å². The number of aryl methyl sites for hydroxylation is 1. The second-order valence-electron chi connectivity index (χ2n) is 11.4. The predicted molar refractivity (Wildman–Crippen MR) is 176 cm³/mol. The van der Waals surface area contributed by atoms with Crippen LogP contribution in [0.4, 0.5) is 11.4 Å². The second-order valence-corrected chi connectivity index (χ2v) is 13.5. The minimum absolute atomic E-state index is 0.0556. The second kappa shape index (κ2) is 12.5. The average Bonchev–Trinajstić information content (AvgIpc) is 3.50. The first-order valence-corrected chi connectivity index (χ1v) is 16.2. The molecule has 2 radical (unpaired) electrons. The summed E-state index contributed by atoms with van der Waals surface area (Å²) in [6.45, 7) is 5.10. The molecule has 2 aromatic rings. The van der Waals surface area contributed by atoms with Crippen LogP contribution in [0.25, 0.3) is 0 Å². The van der Waals surface area contributed by atoms with E-state index in [1.807, 2.05) is 42.1 Å². The lowest BCUT2D eigenvalue weighted by Crippen LogP contribution is -2.39. The number of hydrogen-bond acceptors (Lipinski definition) is 7. The molecule has 0 aliphatic carbocycles. The van der Waals surface area contributed by atoms with Gasteiger partial charge in [-0.25, -0.2) is 0 Å². The van der Waals surface area contributed by atoms with Gasteiger partial charge in [0, 0.05) is 42.1 Å². The number of anilines is 1. The standard InChI is InChI=1S/C32H34IN4O5.Al/c1-20-12-25-27(35(2)19-22-8-7-9-36(22)32(25)39)16-28(20)41-10-5-4-6-11-42-30-15-26-24(14-29(30)40-3)31(38)37-18-21(33)13-23(37)17-34-26;/h8,12-17,22-23H,4-6,9-11,18-19H2,1-3H3;/t22-,23-;/m0./s1. The third kappa shape index (κ3) is 6.04. The predicted octanol–water partition coefficient (Wildman–Crippen LogP) is 4.82. The summed E-state index contributed by atoms with van der Waals surface area (Å²) in [6, 6.07) is 7.47. The number of halogens is 1. The molecule has 0 saturated carbocycles. The van der Waals surface area contributed by atoms with E-state index in [1.165, 1.54) is 0 Å². The number of amides is 2. The molecule has 2 atom stereocenters. The van der Waals surface area contributed by atoms with Crippen LogP contribution in [0.1, 0.15) is 45.5 Å². The number of rotatable bonds is 9. The summed E-state index contributed by atoms with van der Waals surface area (Å²) in [4.78, 5) is 37.0. The number of unbranched alkanes of at least 4 members (excludes halogenated alkanes) is 2. The van der Waals surface area contributed by atoms with Crippen molar-refractivity contribution < 1.29 is 23.8 Å². The first-order chi connectivity index (χ1) is 20.7. The molecule has 0 unspecified atom stereocenters. The Morgan fingerprint density at radius 1 is 0.930 bits per heavy atom. The fourth-order valence-electron chi connectivity index (χ4n) is 6.01. The lowest BCUT2D eigenvalue weighted by molar-refractivity contribution is 0.0758. The maximum atomic E-state index is 13.3. The highest BCUT2D eigenvalue weighted by atomic mass is 127. The lowest BCUT2D eigenvalue weighted by atomic mass is 10.1. The molecule has 222 valence electrons. The highest BCUT2D eigenvalue weighted by molar-refractivity contribution is 14.1. The SMILES string of the molecule is COc1cc2c(cc1OCCCCCOc1cc3c(cc1C)C(=O)N1C[C]([Al])=C[C@H]1CN3C)N=C[C@@H]1C=C(I)CN1C2=O. The molecule has 6 rings (SSSR count). The summed E-state index contributed by atoms with van der Waals surface area (Å²) in [6.07, 6.45) is 8.67. The van der Waals surface area contributed by atoms with E-state index >= 15 is 0 Å². The summed E-state index contributed by atoms with van der Waals surface area (Å²) >= 11 is 5.00. The Morgan fingerprint density at radius 2 is 1.67 bits per heavy atom. The van der Waals surface area contributed by atoms with E-state index in [1.54, 1.807) is 19.2 Å². The Morgan fingerprint density at radius 3 is 2.44 bits per heavy atom. The zero-order valence-electron chi connectivity index (χ0n) is 24.6. The van der Waals surface area contributed by atoms with Gasteiger partial charge in [0.05, 0.1) is 61.5 Å². The molecule has 2 amide bonds. The highest BCUT2D eigenvalue weighted by Gasteiger charge is 2.35. The van der Waals surface area contributed by atoms with Gasteiger partial charge in [-0.15, -0.1) is 4.44 Å². The molecule has 0 fully saturated rings. The molecule has 0 N–H and O–H groups in total. The van der Waals surface area contributed by atoms with Crippen molar-refractivity contribution in [2.75, 3.05) is 51.9 Å². The van der Waals surface area contributed by atoms with Crippen LogP contribution in [0.5, 0.6) is 17.2 Å². The minimum Gasteiger partial charge on any atom is -0.493 e. The van der Waals surface area contributed by atoms with E-state index in [0.717, 1.165) is 56.4 Å². The molecule has 0 bridgehead atoms. The van der Waals surface area contributed by atoms with E-state index in [0.29, 0.717) is 49.1 Å². The molecule has 4 heterocycles. The summed E-state index contributed by atoms with van der Waals surface area (Å²) in [5, 5.41) is 0. The molecule has 9 nitrogen and oxygen atoms in total. The van der Waals surface area contributed by atoms with Gasteiger partial charge in [-0.3, -0.25) is 14.6 Å². The van der Waals surface area contributed by atoms with Gasteiger partial charge in [-0.05, 0) is 72.5 Å². The molecule has 2 aromatic carbocycles. The smallest absolute Gasteiger partial charge is 0.257 e. The largest absolute Gasteiger partial charge is 0.493 e. The first kappa shape index (κ1) is 30.0. The van der Waals surface area contributed by atoms with E-state index in [-0.39, 0.29) is 23.9 Å². The number of aliphatic imine (C=N–C) groups is 1. The molecule has 4 aliphatic rings. The van der Waals surface area contributed by atoms with Gasteiger partial charge < -0.3 is 28.9 Å². The quantitative estimate of drug-likeness (QED) is 0.211. The number of nitrogens with zero attached hydrogens (tertiary/aromatic N) is 4. The van der Waals surface area contributed by atoms with Crippen LogP contribution in [0.3, 0.4) is 0 Å². The van der Waals surface area contributed by atoms with E-state index in [9.17, 15) is 9.59 Å². The number of benzene rings is 2. The summed E-state index contributed by atoms with van der Waals surface area (Å²) < 4.78 is 20.1. The average molecular weight is 709 g/mol. The fourth-order valence-corrected chi connectivity index (χ4v) is 7.17. The number of fused-ring (bicyclic) bond motifs is 4. The van der Waals surface area contributed by atoms with Crippen molar-refractivity contribution >= 4 is 68.3 Å². The molecular weight excluding hydrogens is 674 g/mol. The van der Waals surface area contributed by atoms with Gasteiger partial charge in [-0.2, -0.15) is 0 Å². The van der Waals surface area contributed by atoms with Crippen molar-refractivity contribution in [3.05, 3.63) is 61.1 Å². The van der Waals surface area contributed by atoms with Crippen molar-refractivity contribution in [1.29, 1.82) is 0 Å². The molecule has 0 saturated heterocycles. The Kier molecular flexibility index (Phi) is 8.76. The van der Waals surface area contributed by atoms with Gasteiger partial charge in [0.25, 0.3) is 11.8 Å². The van der Waals surface area contributed by atoms with E-state index in [4.69, 9.17) is 14.2 Å². The molecule has 0 spiro atoms. The number of ether oxygens (including phenoxy) is 3. The monoisotopic (exact) mass is 708 g/mol. The topological polar surface area (TPSA) is 83.9 Å². The molecular formula is C32H34AlIN4O5. The number of carbonyl (C=O) groups excluding carboxylic acids is 2. The van der Waals surface area contributed by atoms with Gasteiger partial charge in [-0.1, -0.05) is 6.08 Å². The van der Waals surface area contributed by atoms with Crippen LogP contribution in [0.2, 0.25) is 0 Å². The number of carbonyl (C=O) groups is 2. The van der Waals surface area contributed by atoms with Gasteiger partial charge in [0.1, 0.15) is 5.75 Å². The van der Waals surface area contributed by atoms with Crippen molar-refractivity contribution in [3.63, 3.8) is 0 Å². The third-order valence-corrected chi connectivity index (χ3v) is 9.37.